The smallest absolute Gasteiger partial charge is 0.232 e. The third-order valence-electron chi connectivity index (χ3n) is 2.75. The van der Waals surface area contributed by atoms with Crippen molar-refractivity contribution in [2.24, 2.45) is 5.73 Å². The minimum atomic E-state index is -0.218. The van der Waals surface area contributed by atoms with Gasteiger partial charge in [0.25, 0.3) is 0 Å². The molecule has 0 bridgehead atoms. The molecular formula is C13H17N3O. The van der Waals surface area contributed by atoms with Gasteiger partial charge in [-0.1, -0.05) is 37.3 Å². The van der Waals surface area contributed by atoms with Crippen molar-refractivity contribution in [2.75, 3.05) is 0 Å². The molecule has 2 aromatic rings. The van der Waals surface area contributed by atoms with Gasteiger partial charge in [-0.2, -0.15) is 0 Å². The molecule has 0 aliphatic rings. The van der Waals surface area contributed by atoms with Crippen LogP contribution in [0.4, 0.5) is 0 Å². The zero-order valence-electron chi connectivity index (χ0n) is 10.1. The molecule has 4 heteroatoms. The van der Waals surface area contributed by atoms with Gasteiger partial charge in [0, 0.05) is 0 Å². The zero-order chi connectivity index (χ0) is 12.3. The molecule has 2 N–H and O–H groups in total. The summed E-state index contributed by atoms with van der Waals surface area (Å²) in [7, 11) is 0. The molecule has 0 radical (unpaired) electrons. The molecule has 0 fully saturated rings. The van der Waals surface area contributed by atoms with Crippen LogP contribution in [0.5, 0.6) is 0 Å². The standard InChI is InChI=1S/C13H17N3O/c1-3-11(10-7-5-4-6-8-10)13-16-15-12(17-13)9(2)14/h4-9,11H,3,14H2,1-2H3. The van der Waals surface area contributed by atoms with Crippen molar-refractivity contribution in [3.8, 4) is 0 Å². The van der Waals surface area contributed by atoms with Gasteiger partial charge in [0.2, 0.25) is 11.8 Å². The van der Waals surface area contributed by atoms with Crippen molar-refractivity contribution < 1.29 is 4.42 Å². The van der Waals surface area contributed by atoms with Gasteiger partial charge in [-0.25, -0.2) is 0 Å². The Hall–Kier alpha value is -1.68. The summed E-state index contributed by atoms with van der Waals surface area (Å²) < 4.78 is 5.61. The van der Waals surface area contributed by atoms with E-state index in [9.17, 15) is 0 Å². The largest absolute Gasteiger partial charge is 0.423 e. The van der Waals surface area contributed by atoms with Crippen LogP contribution in [0.15, 0.2) is 34.7 Å². The first kappa shape index (κ1) is 11.8. The Labute approximate surface area is 101 Å². The number of rotatable bonds is 4. The van der Waals surface area contributed by atoms with Crippen LogP contribution < -0.4 is 5.73 Å². The van der Waals surface area contributed by atoms with Crippen LogP contribution in [0.3, 0.4) is 0 Å². The van der Waals surface area contributed by atoms with Crippen LogP contribution in [-0.2, 0) is 0 Å². The summed E-state index contributed by atoms with van der Waals surface area (Å²) in [5.41, 5.74) is 6.90. The van der Waals surface area contributed by atoms with Crippen LogP contribution in [0, 0.1) is 0 Å². The maximum atomic E-state index is 5.71. The molecular weight excluding hydrogens is 214 g/mol. The SMILES string of the molecule is CCC(c1ccccc1)c1nnc(C(C)N)o1. The monoisotopic (exact) mass is 231 g/mol. The molecule has 0 saturated carbocycles. The highest BCUT2D eigenvalue weighted by atomic mass is 16.4. The second kappa shape index (κ2) is 5.10. The number of benzene rings is 1. The lowest BCUT2D eigenvalue weighted by atomic mass is 9.97. The lowest BCUT2D eigenvalue weighted by Gasteiger charge is -2.10. The predicted molar refractivity (Wildman–Crippen MR) is 65.5 cm³/mol. The molecule has 1 heterocycles. The summed E-state index contributed by atoms with van der Waals surface area (Å²) >= 11 is 0. The van der Waals surface area contributed by atoms with Gasteiger partial charge in [-0.15, -0.1) is 10.2 Å². The molecule has 4 nitrogen and oxygen atoms in total. The van der Waals surface area contributed by atoms with E-state index >= 15 is 0 Å². The Morgan fingerprint density at radius 2 is 1.82 bits per heavy atom. The van der Waals surface area contributed by atoms with Gasteiger partial charge in [-0.3, -0.25) is 0 Å². The first-order valence-corrected chi connectivity index (χ1v) is 5.86. The number of aromatic nitrogens is 2. The quantitative estimate of drug-likeness (QED) is 0.878. The summed E-state index contributed by atoms with van der Waals surface area (Å²) in [4.78, 5) is 0. The van der Waals surface area contributed by atoms with E-state index in [1.807, 2.05) is 25.1 Å². The summed E-state index contributed by atoms with van der Waals surface area (Å²) in [5.74, 6) is 1.29. The Bertz CT molecular complexity index is 465. The molecule has 90 valence electrons. The first-order valence-electron chi connectivity index (χ1n) is 5.86. The first-order chi connectivity index (χ1) is 8.22. The maximum absolute atomic E-state index is 5.71. The second-order valence-corrected chi connectivity index (χ2v) is 4.14. The number of hydrogen-bond acceptors (Lipinski definition) is 4. The van der Waals surface area contributed by atoms with Crippen LogP contribution in [0.2, 0.25) is 0 Å². The van der Waals surface area contributed by atoms with E-state index in [4.69, 9.17) is 10.2 Å². The molecule has 1 aromatic heterocycles. The number of nitrogens with zero attached hydrogens (tertiary/aromatic N) is 2. The third-order valence-corrected chi connectivity index (χ3v) is 2.75. The third kappa shape index (κ3) is 2.53. The normalized spacial score (nSPS) is 14.5. The maximum Gasteiger partial charge on any atom is 0.232 e. The minimum absolute atomic E-state index is 0.149. The Morgan fingerprint density at radius 1 is 1.18 bits per heavy atom. The summed E-state index contributed by atoms with van der Waals surface area (Å²) in [6.45, 7) is 3.94. The van der Waals surface area contributed by atoms with Crippen LogP contribution in [-0.4, -0.2) is 10.2 Å². The van der Waals surface area contributed by atoms with Gasteiger partial charge in [0.15, 0.2) is 0 Å². The zero-order valence-corrected chi connectivity index (χ0v) is 10.1. The number of nitrogens with two attached hydrogens (primary N) is 1. The molecule has 0 amide bonds. The second-order valence-electron chi connectivity index (χ2n) is 4.14. The summed E-state index contributed by atoms with van der Waals surface area (Å²) in [5, 5.41) is 8.06. The van der Waals surface area contributed by atoms with Gasteiger partial charge in [0.05, 0.1) is 12.0 Å². The Kier molecular flexibility index (Phi) is 3.54. The molecule has 2 unspecified atom stereocenters. The highest BCUT2D eigenvalue weighted by Crippen LogP contribution is 2.27. The van der Waals surface area contributed by atoms with Crippen molar-refractivity contribution in [3.63, 3.8) is 0 Å². The van der Waals surface area contributed by atoms with E-state index in [0.29, 0.717) is 11.8 Å². The predicted octanol–water partition coefficient (Wildman–Crippen LogP) is 2.63. The van der Waals surface area contributed by atoms with E-state index in [2.05, 4.69) is 29.3 Å². The molecule has 0 aliphatic carbocycles. The fourth-order valence-corrected chi connectivity index (χ4v) is 1.81. The van der Waals surface area contributed by atoms with Crippen molar-refractivity contribution in [2.45, 2.75) is 32.2 Å². The highest BCUT2D eigenvalue weighted by molar-refractivity contribution is 5.24. The van der Waals surface area contributed by atoms with E-state index in [1.165, 1.54) is 5.56 Å². The summed E-state index contributed by atoms with van der Waals surface area (Å²) in [6, 6.07) is 9.96. The molecule has 0 saturated heterocycles. The summed E-state index contributed by atoms with van der Waals surface area (Å²) in [6.07, 6.45) is 0.921. The Balaban J connectivity index is 2.29. The average Bonchev–Trinajstić information content (AvgIpc) is 2.81. The van der Waals surface area contributed by atoms with E-state index in [1.54, 1.807) is 0 Å². The van der Waals surface area contributed by atoms with Crippen molar-refractivity contribution in [3.05, 3.63) is 47.7 Å². The molecule has 2 atom stereocenters. The van der Waals surface area contributed by atoms with E-state index in [-0.39, 0.29) is 12.0 Å². The lowest BCUT2D eigenvalue weighted by molar-refractivity contribution is 0.409. The Morgan fingerprint density at radius 3 is 2.35 bits per heavy atom. The molecule has 17 heavy (non-hydrogen) atoms. The van der Waals surface area contributed by atoms with Crippen molar-refractivity contribution in [1.29, 1.82) is 0 Å². The van der Waals surface area contributed by atoms with Gasteiger partial charge in [-0.05, 0) is 18.9 Å². The average molecular weight is 231 g/mol. The fourth-order valence-electron chi connectivity index (χ4n) is 1.81. The van der Waals surface area contributed by atoms with Gasteiger partial charge >= 0.3 is 0 Å². The van der Waals surface area contributed by atoms with Crippen LogP contribution >= 0.6 is 0 Å². The van der Waals surface area contributed by atoms with E-state index < -0.39 is 0 Å². The molecule has 0 aliphatic heterocycles. The molecule has 0 spiro atoms. The van der Waals surface area contributed by atoms with Crippen LogP contribution in [0.25, 0.3) is 0 Å². The topological polar surface area (TPSA) is 64.9 Å². The van der Waals surface area contributed by atoms with Crippen molar-refractivity contribution >= 4 is 0 Å². The van der Waals surface area contributed by atoms with Crippen molar-refractivity contribution in [1.82, 2.24) is 10.2 Å². The molecule has 1 aromatic carbocycles. The fraction of sp³-hybridized carbons (Fsp3) is 0.385. The molecule has 2 rings (SSSR count). The number of hydrogen-bond donors (Lipinski definition) is 1. The lowest BCUT2D eigenvalue weighted by Crippen LogP contribution is -2.04. The van der Waals surface area contributed by atoms with Gasteiger partial charge < -0.3 is 10.2 Å². The van der Waals surface area contributed by atoms with Gasteiger partial charge in [0.1, 0.15) is 0 Å². The minimum Gasteiger partial charge on any atom is -0.423 e. The highest BCUT2D eigenvalue weighted by Gasteiger charge is 2.19. The van der Waals surface area contributed by atoms with Crippen LogP contribution in [0.1, 0.15) is 49.6 Å². The van der Waals surface area contributed by atoms with E-state index in [0.717, 1.165) is 6.42 Å².